The van der Waals surface area contributed by atoms with E-state index in [0.29, 0.717) is 0 Å². The molecule has 0 aliphatic carbocycles. The Bertz CT molecular complexity index is 862. The van der Waals surface area contributed by atoms with Crippen LogP contribution in [0.5, 0.6) is 0 Å². The summed E-state index contributed by atoms with van der Waals surface area (Å²) in [5.74, 6) is -0.380. The first-order valence-electron chi connectivity index (χ1n) is 22.2. The molecule has 298 valence electrons. The Labute approximate surface area is 320 Å². The van der Waals surface area contributed by atoms with Crippen LogP contribution in [0.15, 0.2) is 48.6 Å². The van der Waals surface area contributed by atoms with Crippen molar-refractivity contribution in [3.05, 3.63) is 48.6 Å². The smallest absolute Gasteiger partial charge is 0.168 e. The number of unbranched alkanes of at least 4 members (excludes halogenated alkanes) is 18. The molecule has 1 atom stereocenters. The van der Waals surface area contributed by atoms with Gasteiger partial charge in [-0.15, -0.1) is 0 Å². The van der Waals surface area contributed by atoms with E-state index >= 15 is 0 Å². The van der Waals surface area contributed by atoms with Crippen LogP contribution in [0, 0.1) is 5.41 Å². The molecule has 0 amide bonds. The lowest BCUT2D eigenvalue weighted by Gasteiger charge is -2.42. The maximum absolute atomic E-state index is 7.02. The third-order valence-corrected chi connectivity index (χ3v) is 11.3. The van der Waals surface area contributed by atoms with Crippen molar-refractivity contribution in [2.24, 2.45) is 5.41 Å². The predicted octanol–water partition coefficient (Wildman–Crippen LogP) is 15.3. The lowest BCUT2D eigenvalue weighted by atomic mass is 9.75. The Morgan fingerprint density at radius 1 is 0.529 bits per heavy atom. The third kappa shape index (κ3) is 24.7. The maximum atomic E-state index is 7.02. The molecular formula is C48H89NO2. The molecule has 0 spiro atoms. The quantitative estimate of drug-likeness (QED) is 0.0490. The molecule has 0 aromatic heterocycles. The Morgan fingerprint density at radius 2 is 0.902 bits per heavy atom. The van der Waals surface area contributed by atoms with Gasteiger partial charge in [0.05, 0.1) is 12.7 Å². The summed E-state index contributed by atoms with van der Waals surface area (Å²) in [6.07, 6.45) is 53.0. The fourth-order valence-corrected chi connectivity index (χ4v) is 7.48. The summed E-state index contributed by atoms with van der Waals surface area (Å²) in [5, 5.41) is 0. The van der Waals surface area contributed by atoms with Gasteiger partial charge in [-0.3, -0.25) is 0 Å². The molecule has 0 radical (unpaired) electrons. The second kappa shape index (κ2) is 30.2. The molecule has 1 fully saturated rings. The molecule has 3 heteroatoms. The van der Waals surface area contributed by atoms with Gasteiger partial charge in [-0.1, -0.05) is 153 Å². The summed E-state index contributed by atoms with van der Waals surface area (Å²) < 4.78 is 13.7. The van der Waals surface area contributed by atoms with Crippen LogP contribution >= 0.6 is 0 Å². The van der Waals surface area contributed by atoms with Crippen molar-refractivity contribution in [3.63, 3.8) is 0 Å². The Kier molecular flexibility index (Phi) is 28.3. The van der Waals surface area contributed by atoms with Crippen LogP contribution in [-0.4, -0.2) is 43.0 Å². The van der Waals surface area contributed by atoms with Gasteiger partial charge in [0.15, 0.2) is 5.79 Å². The normalized spacial score (nSPS) is 17.2. The first kappa shape index (κ1) is 47.9. The lowest BCUT2D eigenvalue weighted by molar-refractivity contribution is -0.191. The Balaban J connectivity index is 2.40. The molecule has 0 aromatic carbocycles. The van der Waals surface area contributed by atoms with Gasteiger partial charge in [0, 0.05) is 18.4 Å². The average molecular weight is 712 g/mol. The summed E-state index contributed by atoms with van der Waals surface area (Å²) in [4.78, 5) is 2.35. The van der Waals surface area contributed by atoms with Gasteiger partial charge in [-0.25, -0.2) is 0 Å². The summed E-state index contributed by atoms with van der Waals surface area (Å²) in [7, 11) is 4.40. The zero-order chi connectivity index (χ0) is 37.5. The van der Waals surface area contributed by atoms with E-state index in [1.807, 2.05) is 0 Å². The van der Waals surface area contributed by atoms with E-state index in [9.17, 15) is 0 Å². The minimum atomic E-state index is -0.380. The van der Waals surface area contributed by atoms with Gasteiger partial charge in [0.2, 0.25) is 0 Å². The zero-order valence-electron chi connectivity index (χ0n) is 35.8. The van der Waals surface area contributed by atoms with Crippen molar-refractivity contribution >= 4 is 0 Å². The van der Waals surface area contributed by atoms with Crippen molar-refractivity contribution in [3.8, 4) is 0 Å². The molecule has 1 aliphatic heterocycles. The van der Waals surface area contributed by atoms with Crippen molar-refractivity contribution in [1.29, 1.82) is 0 Å². The van der Waals surface area contributed by atoms with Crippen molar-refractivity contribution in [1.82, 2.24) is 4.90 Å². The molecular weight excluding hydrogens is 623 g/mol. The fraction of sp³-hybridized carbons (Fsp3) is 0.833. The second-order valence-corrected chi connectivity index (χ2v) is 17.4. The highest BCUT2D eigenvalue weighted by atomic mass is 16.7. The molecule has 0 bridgehead atoms. The fourth-order valence-electron chi connectivity index (χ4n) is 7.48. The summed E-state index contributed by atoms with van der Waals surface area (Å²) in [5.41, 5.74) is 0.188. The highest BCUT2D eigenvalue weighted by Gasteiger charge is 2.47. The van der Waals surface area contributed by atoms with Crippen molar-refractivity contribution in [2.75, 3.05) is 20.7 Å². The highest BCUT2D eigenvalue weighted by Crippen LogP contribution is 2.44. The SMILES string of the molecule is CCCCC/C=C\C/C=C\CCCCCCCCC1(CCCCCCCC/C=C\C/C=C\CCCCC)OCC(C(C)(C)CC(C)(C)N(C)C)O1. The molecule has 0 aromatic rings. The standard InChI is InChI=1S/C48H89NO2/c1-9-11-13-15-17-19-21-23-25-27-29-31-33-35-37-39-41-48(50-43-45(51-48)46(3,4)44-47(5,6)49(7)8)42-40-38-36-34-32-30-28-26-24-22-20-18-16-14-12-10-2/h17-20,23-26,45H,9-16,21-22,27-44H2,1-8H3/b19-17-,20-18-,25-23-,26-24-. The van der Waals surface area contributed by atoms with E-state index in [4.69, 9.17) is 9.47 Å². The Morgan fingerprint density at radius 3 is 1.29 bits per heavy atom. The van der Waals surface area contributed by atoms with E-state index < -0.39 is 0 Å². The van der Waals surface area contributed by atoms with Crippen molar-refractivity contribution in [2.45, 2.75) is 232 Å². The number of allylic oxidation sites excluding steroid dienone is 8. The zero-order valence-corrected chi connectivity index (χ0v) is 35.8. The highest BCUT2D eigenvalue weighted by molar-refractivity contribution is 4.95. The number of hydrogen-bond acceptors (Lipinski definition) is 3. The molecule has 1 unspecified atom stereocenters. The van der Waals surface area contributed by atoms with Gasteiger partial charge >= 0.3 is 0 Å². The van der Waals surface area contributed by atoms with Crippen LogP contribution in [0.3, 0.4) is 0 Å². The van der Waals surface area contributed by atoms with E-state index in [1.165, 1.54) is 141 Å². The minimum absolute atomic E-state index is 0.0637. The minimum Gasteiger partial charge on any atom is -0.347 e. The van der Waals surface area contributed by atoms with Crippen LogP contribution in [0.25, 0.3) is 0 Å². The molecule has 0 N–H and O–H groups in total. The van der Waals surface area contributed by atoms with E-state index in [1.54, 1.807) is 0 Å². The van der Waals surface area contributed by atoms with Crippen LogP contribution in [-0.2, 0) is 9.47 Å². The van der Waals surface area contributed by atoms with Crippen molar-refractivity contribution < 1.29 is 9.47 Å². The Hall–Kier alpha value is -1.16. The number of hydrogen-bond donors (Lipinski definition) is 0. The maximum Gasteiger partial charge on any atom is 0.168 e. The van der Waals surface area contributed by atoms with Gasteiger partial charge in [0.25, 0.3) is 0 Å². The second-order valence-electron chi connectivity index (χ2n) is 17.4. The largest absolute Gasteiger partial charge is 0.347 e. The van der Waals surface area contributed by atoms with Gasteiger partial charge in [-0.2, -0.15) is 0 Å². The van der Waals surface area contributed by atoms with Gasteiger partial charge < -0.3 is 14.4 Å². The first-order valence-corrected chi connectivity index (χ1v) is 22.2. The first-order chi connectivity index (χ1) is 24.6. The predicted molar refractivity (Wildman–Crippen MR) is 228 cm³/mol. The molecule has 1 saturated heterocycles. The molecule has 1 heterocycles. The summed E-state index contributed by atoms with van der Waals surface area (Å²) in [6.45, 7) is 14.8. The number of rotatable bonds is 34. The molecule has 3 nitrogen and oxygen atoms in total. The number of nitrogens with zero attached hydrogens (tertiary/aromatic N) is 1. The number of ether oxygens (including phenoxy) is 2. The summed E-state index contributed by atoms with van der Waals surface area (Å²) >= 11 is 0. The molecule has 1 rings (SSSR count). The lowest BCUT2D eigenvalue weighted by Crippen LogP contribution is -2.46. The summed E-state index contributed by atoms with van der Waals surface area (Å²) in [6, 6.07) is 0. The molecule has 51 heavy (non-hydrogen) atoms. The average Bonchev–Trinajstić information content (AvgIpc) is 3.53. The van der Waals surface area contributed by atoms with E-state index in [0.717, 1.165) is 38.7 Å². The van der Waals surface area contributed by atoms with E-state index in [2.05, 4.69) is 109 Å². The molecule has 1 aliphatic rings. The van der Waals surface area contributed by atoms with Gasteiger partial charge in [0.1, 0.15) is 0 Å². The monoisotopic (exact) mass is 712 g/mol. The van der Waals surface area contributed by atoms with Crippen LogP contribution in [0.2, 0.25) is 0 Å². The third-order valence-electron chi connectivity index (χ3n) is 11.3. The van der Waals surface area contributed by atoms with Crippen LogP contribution in [0.4, 0.5) is 0 Å². The molecule has 0 saturated carbocycles. The van der Waals surface area contributed by atoms with Crippen LogP contribution in [0.1, 0.15) is 215 Å². The van der Waals surface area contributed by atoms with E-state index in [-0.39, 0.29) is 22.8 Å². The van der Waals surface area contributed by atoms with Gasteiger partial charge in [-0.05, 0) is 117 Å². The topological polar surface area (TPSA) is 21.7 Å². The van der Waals surface area contributed by atoms with Crippen LogP contribution < -0.4 is 0 Å².